The molecule has 0 aromatic heterocycles. The molecule has 0 aromatic rings. The van der Waals surface area contributed by atoms with Crippen LogP contribution in [0.3, 0.4) is 0 Å². The van der Waals surface area contributed by atoms with Gasteiger partial charge in [0.2, 0.25) is 0 Å². The van der Waals surface area contributed by atoms with E-state index in [-0.39, 0.29) is 58.2 Å². The first-order valence-corrected chi connectivity index (χ1v) is 1.56. The van der Waals surface area contributed by atoms with Gasteiger partial charge in [-0.15, -0.1) is 11.6 Å². The molecular formula is C2H2ClO2Rb. The number of carbonyl (C=O) groups is 1. The summed E-state index contributed by atoms with van der Waals surface area (Å²) in [6.07, 6.45) is 0. The number of hydrogen-bond acceptors (Lipinski definition) is 2. The van der Waals surface area contributed by atoms with Gasteiger partial charge in [0.1, 0.15) is 0 Å². The summed E-state index contributed by atoms with van der Waals surface area (Å²) in [5.74, 6) is -1.65. The van der Waals surface area contributed by atoms with Gasteiger partial charge < -0.3 is 9.90 Å². The van der Waals surface area contributed by atoms with Crippen LogP contribution in [0.1, 0.15) is 0 Å². The minimum atomic E-state index is -1.23. The number of hydrogen-bond donors (Lipinski definition) is 0. The van der Waals surface area contributed by atoms with Crippen molar-refractivity contribution in [1.29, 1.82) is 0 Å². The number of carboxylic acid groups (broad SMARTS) is 1. The van der Waals surface area contributed by atoms with Crippen molar-refractivity contribution in [3.63, 3.8) is 0 Å². The third kappa shape index (κ3) is 9.12. The number of rotatable bonds is 1. The molecule has 6 heavy (non-hydrogen) atoms. The fraction of sp³-hybridized carbons (Fsp3) is 0.500. The molecule has 0 saturated carbocycles. The van der Waals surface area contributed by atoms with E-state index in [2.05, 4.69) is 11.6 Å². The molecule has 4 heteroatoms. The van der Waals surface area contributed by atoms with E-state index in [1.54, 1.807) is 0 Å². The molecule has 0 bridgehead atoms. The summed E-state index contributed by atoms with van der Waals surface area (Å²) in [4.78, 5) is 9.12. The van der Waals surface area contributed by atoms with E-state index in [1.807, 2.05) is 0 Å². The molecule has 0 aliphatic carbocycles. The first-order chi connectivity index (χ1) is 2.27. The molecule has 2 nitrogen and oxygen atoms in total. The van der Waals surface area contributed by atoms with Crippen molar-refractivity contribution in [2.75, 3.05) is 5.88 Å². The Morgan fingerprint density at radius 3 is 2.00 bits per heavy atom. The zero-order valence-corrected chi connectivity index (χ0v) is 9.07. The van der Waals surface area contributed by atoms with Crippen molar-refractivity contribution in [3.8, 4) is 0 Å². The topological polar surface area (TPSA) is 40.1 Å². The Morgan fingerprint density at radius 1 is 1.83 bits per heavy atom. The first kappa shape index (κ1) is 10.5. The first-order valence-electron chi connectivity index (χ1n) is 1.03. The van der Waals surface area contributed by atoms with Gasteiger partial charge in [-0.3, -0.25) is 0 Å². The van der Waals surface area contributed by atoms with Gasteiger partial charge in [0.15, 0.2) is 0 Å². The van der Waals surface area contributed by atoms with Crippen LogP contribution in [0.15, 0.2) is 0 Å². The predicted octanol–water partition coefficient (Wildman–Crippen LogP) is -4.02. The number of carbonyl (C=O) groups excluding carboxylic acids is 1. The molecule has 0 heterocycles. The minimum Gasteiger partial charge on any atom is -0.549 e. The largest absolute Gasteiger partial charge is 1.00 e. The van der Waals surface area contributed by atoms with Gasteiger partial charge in [-0.25, -0.2) is 0 Å². The van der Waals surface area contributed by atoms with Crippen molar-refractivity contribution in [2.45, 2.75) is 0 Å². The molecule has 0 rings (SSSR count). The van der Waals surface area contributed by atoms with Crippen LogP contribution < -0.4 is 63.3 Å². The van der Waals surface area contributed by atoms with Crippen LogP contribution in [-0.2, 0) is 4.79 Å². The number of alkyl halides is 1. The summed E-state index contributed by atoms with van der Waals surface area (Å²) in [7, 11) is 0. The van der Waals surface area contributed by atoms with E-state index < -0.39 is 11.8 Å². The van der Waals surface area contributed by atoms with Crippen LogP contribution in [0.4, 0.5) is 0 Å². The van der Waals surface area contributed by atoms with Crippen LogP contribution in [0.25, 0.3) is 0 Å². The third-order valence-electron chi connectivity index (χ3n) is 0.109. The predicted molar refractivity (Wildman–Crippen MR) is 15.7 cm³/mol. The average molecular weight is 179 g/mol. The molecule has 0 radical (unpaired) electrons. The number of halogens is 1. The van der Waals surface area contributed by atoms with Gasteiger partial charge in [-0.05, 0) is 0 Å². The van der Waals surface area contributed by atoms with Crippen molar-refractivity contribution < 1.29 is 68.1 Å². The van der Waals surface area contributed by atoms with Crippen LogP contribution in [-0.4, -0.2) is 11.8 Å². The molecule has 0 saturated heterocycles. The van der Waals surface area contributed by atoms with Crippen LogP contribution in [0, 0.1) is 0 Å². The Kier molecular flexibility index (Phi) is 11.5. The zero-order chi connectivity index (χ0) is 4.28. The van der Waals surface area contributed by atoms with E-state index in [4.69, 9.17) is 9.90 Å². The fourth-order valence-electron chi connectivity index (χ4n) is 0. The molecule has 0 atom stereocenters. The molecule has 0 unspecified atom stereocenters. The SMILES string of the molecule is O=C([O-])CCl.[Rb+]. The minimum absolute atomic E-state index is 0. The summed E-state index contributed by atoms with van der Waals surface area (Å²) in [5, 5.41) is 9.12. The summed E-state index contributed by atoms with van der Waals surface area (Å²) in [6, 6.07) is 0. The second-order valence-electron chi connectivity index (χ2n) is 0.506. The van der Waals surface area contributed by atoms with Gasteiger partial charge >= 0.3 is 58.2 Å². The van der Waals surface area contributed by atoms with Crippen LogP contribution in [0.2, 0.25) is 0 Å². The second-order valence-corrected chi connectivity index (χ2v) is 0.773. The Bertz CT molecular complexity index is 46.8. The van der Waals surface area contributed by atoms with Gasteiger partial charge in [-0.2, -0.15) is 0 Å². The van der Waals surface area contributed by atoms with Crippen LogP contribution >= 0.6 is 11.6 Å². The van der Waals surface area contributed by atoms with Gasteiger partial charge in [0.05, 0.1) is 11.8 Å². The molecule has 0 aliphatic rings. The molecule has 0 N–H and O–H groups in total. The summed E-state index contributed by atoms with van der Waals surface area (Å²) >= 11 is 4.67. The standard InChI is InChI=1S/C2H3ClO2.Rb/c3-1-2(4)5;/h1H2,(H,4,5);/q;+1/p-1. The molecule has 0 amide bonds. The van der Waals surface area contributed by atoms with E-state index in [0.717, 1.165) is 0 Å². The smallest absolute Gasteiger partial charge is 0.549 e. The van der Waals surface area contributed by atoms with Gasteiger partial charge in [0, 0.05) is 0 Å². The Labute approximate surface area is 89.7 Å². The maximum absolute atomic E-state index is 9.12. The van der Waals surface area contributed by atoms with Gasteiger partial charge in [-0.1, -0.05) is 0 Å². The summed E-state index contributed by atoms with van der Waals surface area (Å²) < 4.78 is 0. The van der Waals surface area contributed by atoms with Crippen molar-refractivity contribution >= 4 is 17.6 Å². The zero-order valence-electron chi connectivity index (χ0n) is 3.40. The maximum atomic E-state index is 9.12. The van der Waals surface area contributed by atoms with E-state index >= 15 is 0 Å². The molecule has 0 aliphatic heterocycles. The molecule has 0 fully saturated rings. The fourth-order valence-corrected chi connectivity index (χ4v) is 0. The van der Waals surface area contributed by atoms with Crippen molar-refractivity contribution in [2.24, 2.45) is 0 Å². The normalized spacial score (nSPS) is 6.17. The summed E-state index contributed by atoms with van der Waals surface area (Å²) in [6.45, 7) is 0. The molecular weight excluding hydrogens is 177 g/mol. The number of aliphatic carboxylic acids is 1. The Balaban J connectivity index is 0. The quantitative estimate of drug-likeness (QED) is 0.384. The van der Waals surface area contributed by atoms with Crippen molar-refractivity contribution in [3.05, 3.63) is 0 Å². The summed E-state index contributed by atoms with van der Waals surface area (Å²) in [5.41, 5.74) is 0. The maximum Gasteiger partial charge on any atom is 1.00 e. The molecule has 30 valence electrons. The van der Waals surface area contributed by atoms with E-state index in [0.29, 0.717) is 0 Å². The van der Waals surface area contributed by atoms with E-state index in [1.165, 1.54) is 0 Å². The Hall–Kier alpha value is 1.57. The molecule has 0 spiro atoms. The Morgan fingerprint density at radius 2 is 2.00 bits per heavy atom. The van der Waals surface area contributed by atoms with E-state index in [9.17, 15) is 0 Å². The number of carboxylic acids is 1. The molecule has 0 aromatic carbocycles. The third-order valence-corrected chi connectivity index (χ3v) is 0.327. The average Bonchev–Trinajstić information content (AvgIpc) is 1.38. The second kappa shape index (κ2) is 6.57. The van der Waals surface area contributed by atoms with Gasteiger partial charge in [0.25, 0.3) is 0 Å². The monoisotopic (exact) mass is 178 g/mol. The van der Waals surface area contributed by atoms with Crippen LogP contribution in [0.5, 0.6) is 0 Å². The van der Waals surface area contributed by atoms with Crippen molar-refractivity contribution in [1.82, 2.24) is 0 Å².